The van der Waals surface area contributed by atoms with Gasteiger partial charge in [0.1, 0.15) is 0 Å². The van der Waals surface area contributed by atoms with Crippen molar-refractivity contribution in [1.82, 2.24) is 10.1 Å². The summed E-state index contributed by atoms with van der Waals surface area (Å²) in [6.07, 6.45) is 3.37. The lowest BCUT2D eigenvalue weighted by molar-refractivity contribution is 0.130. The minimum Gasteiger partial charge on any atom is -0.380 e. The highest BCUT2D eigenvalue weighted by Crippen LogP contribution is 2.25. The summed E-state index contributed by atoms with van der Waals surface area (Å²) in [6.45, 7) is 3.03. The minimum absolute atomic E-state index is 0.288. The fourth-order valence-electron chi connectivity index (χ4n) is 2.02. The number of aromatic nitrogens is 2. The largest absolute Gasteiger partial charge is 0.380 e. The molecular formula is C12H21N3O2S. The van der Waals surface area contributed by atoms with Crippen molar-refractivity contribution < 1.29 is 9.26 Å². The van der Waals surface area contributed by atoms with Crippen molar-refractivity contribution >= 4 is 11.8 Å². The van der Waals surface area contributed by atoms with Crippen LogP contribution in [-0.4, -0.2) is 34.9 Å². The van der Waals surface area contributed by atoms with Crippen molar-refractivity contribution in [2.75, 3.05) is 24.7 Å². The third-order valence-corrected chi connectivity index (χ3v) is 4.17. The van der Waals surface area contributed by atoms with Gasteiger partial charge in [-0.25, -0.2) is 0 Å². The molecule has 1 aliphatic rings. The molecule has 1 aliphatic heterocycles. The predicted octanol–water partition coefficient (Wildman–Crippen LogP) is 1.79. The van der Waals surface area contributed by atoms with Gasteiger partial charge in [0.15, 0.2) is 5.82 Å². The molecule has 0 bridgehead atoms. The molecule has 1 atom stereocenters. The van der Waals surface area contributed by atoms with Crippen LogP contribution in [0, 0.1) is 5.92 Å². The second-order valence-corrected chi connectivity index (χ2v) is 5.80. The van der Waals surface area contributed by atoms with Crippen molar-refractivity contribution in [3.05, 3.63) is 11.7 Å². The molecule has 0 radical (unpaired) electrons. The van der Waals surface area contributed by atoms with Gasteiger partial charge >= 0.3 is 0 Å². The molecule has 1 aromatic heterocycles. The Morgan fingerprint density at radius 1 is 1.50 bits per heavy atom. The maximum absolute atomic E-state index is 5.91. The van der Waals surface area contributed by atoms with Gasteiger partial charge < -0.3 is 15.0 Å². The molecule has 6 heteroatoms. The summed E-state index contributed by atoms with van der Waals surface area (Å²) in [6, 6.07) is -0.288. The minimum atomic E-state index is -0.288. The zero-order chi connectivity index (χ0) is 12.8. The highest BCUT2D eigenvalue weighted by atomic mass is 32.2. The molecule has 1 fully saturated rings. The van der Waals surface area contributed by atoms with E-state index < -0.39 is 0 Å². The van der Waals surface area contributed by atoms with Gasteiger partial charge in [0.05, 0.1) is 12.6 Å². The van der Waals surface area contributed by atoms with Gasteiger partial charge in [-0.3, -0.25) is 0 Å². The number of nitrogens with zero attached hydrogens (tertiary/aromatic N) is 2. The first-order valence-corrected chi connectivity index (χ1v) is 7.68. The first-order chi connectivity index (χ1) is 8.79. The summed E-state index contributed by atoms with van der Waals surface area (Å²) in [4.78, 5) is 4.37. The van der Waals surface area contributed by atoms with Gasteiger partial charge in [-0.05, 0) is 37.2 Å². The number of rotatable bonds is 6. The maximum atomic E-state index is 5.91. The second kappa shape index (κ2) is 7.11. The summed E-state index contributed by atoms with van der Waals surface area (Å²) in [7, 11) is 0. The Bertz CT molecular complexity index is 353. The Morgan fingerprint density at radius 2 is 2.28 bits per heavy atom. The Hall–Kier alpha value is -0.590. The molecule has 5 nitrogen and oxygen atoms in total. The van der Waals surface area contributed by atoms with Crippen LogP contribution in [0.4, 0.5) is 0 Å². The maximum Gasteiger partial charge on any atom is 0.226 e. The van der Waals surface area contributed by atoms with Crippen LogP contribution < -0.4 is 5.73 Å². The van der Waals surface area contributed by atoms with Gasteiger partial charge in [-0.1, -0.05) is 5.16 Å². The van der Waals surface area contributed by atoms with Crippen LogP contribution >= 0.6 is 11.8 Å². The SMILES string of the molecule is CCOCC(N)c1noc(CC2CCSCC2)n1. The number of hydrogen-bond donors (Lipinski definition) is 1. The van der Waals surface area contributed by atoms with E-state index in [1.807, 2.05) is 18.7 Å². The molecule has 2 N–H and O–H groups in total. The van der Waals surface area contributed by atoms with Gasteiger partial charge in [0.2, 0.25) is 5.89 Å². The van der Waals surface area contributed by atoms with E-state index in [0.717, 1.165) is 6.42 Å². The molecule has 102 valence electrons. The summed E-state index contributed by atoms with van der Waals surface area (Å²) in [5.41, 5.74) is 5.91. The van der Waals surface area contributed by atoms with E-state index in [9.17, 15) is 0 Å². The van der Waals surface area contributed by atoms with Crippen LogP contribution in [0.15, 0.2) is 4.52 Å². The molecule has 0 spiro atoms. The van der Waals surface area contributed by atoms with E-state index >= 15 is 0 Å². The molecule has 2 heterocycles. The zero-order valence-corrected chi connectivity index (χ0v) is 11.6. The van der Waals surface area contributed by atoms with Crippen molar-refractivity contribution in [2.45, 2.75) is 32.2 Å². The Balaban J connectivity index is 1.84. The molecule has 18 heavy (non-hydrogen) atoms. The van der Waals surface area contributed by atoms with Crippen LogP contribution in [0.5, 0.6) is 0 Å². The van der Waals surface area contributed by atoms with Crippen molar-refractivity contribution in [2.24, 2.45) is 11.7 Å². The van der Waals surface area contributed by atoms with E-state index in [4.69, 9.17) is 15.0 Å². The van der Waals surface area contributed by atoms with Crippen LogP contribution in [0.2, 0.25) is 0 Å². The number of nitrogens with two attached hydrogens (primary N) is 1. The molecule has 2 rings (SSSR count). The Labute approximate surface area is 112 Å². The van der Waals surface area contributed by atoms with Crippen LogP contribution in [0.25, 0.3) is 0 Å². The Kier molecular flexibility index (Phi) is 5.46. The third-order valence-electron chi connectivity index (χ3n) is 3.12. The average molecular weight is 271 g/mol. The molecule has 0 aromatic carbocycles. The van der Waals surface area contributed by atoms with E-state index in [1.165, 1.54) is 24.3 Å². The van der Waals surface area contributed by atoms with E-state index in [2.05, 4.69) is 10.1 Å². The quantitative estimate of drug-likeness (QED) is 0.850. The molecule has 1 saturated heterocycles. The first-order valence-electron chi connectivity index (χ1n) is 6.53. The number of ether oxygens (including phenoxy) is 1. The first kappa shape index (κ1) is 13.8. The summed E-state index contributed by atoms with van der Waals surface area (Å²) < 4.78 is 10.5. The fraction of sp³-hybridized carbons (Fsp3) is 0.833. The highest BCUT2D eigenvalue weighted by molar-refractivity contribution is 7.99. The summed E-state index contributed by atoms with van der Waals surface area (Å²) in [5.74, 6) is 4.45. The van der Waals surface area contributed by atoms with E-state index in [1.54, 1.807) is 0 Å². The predicted molar refractivity (Wildman–Crippen MR) is 71.5 cm³/mol. The van der Waals surface area contributed by atoms with Gasteiger partial charge in [-0.2, -0.15) is 16.7 Å². The third kappa shape index (κ3) is 3.96. The average Bonchev–Trinajstić information content (AvgIpc) is 2.86. The fourth-order valence-corrected chi connectivity index (χ4v) is 3.22. The molecule has 0 aliphatic carbocycles. The summed E-state index contributed by atoms with van der Waals surface area (Å²) >= 11 is 2.03. The topological polar surface area (TPSA) is 74.2 Å². The van der Waals surface area contributed by atoms with Gasteiger partial charge in [0, 0.05) is 13.0 Å². The molecular weight excluding hydrogens is 250 g/mol. The zero-order valence-electron chi connectivity index (χ0n) is 10.8. The standard InChI is InChI=1S/C12H21N3O2S/c1-2-16-8-10(13)12-14-11(17-15-12)7-9-3-5-18-6-4-9/h9-10H,2-8,13H2,1H3. The monoisotopic (exact) mass is 271 g/mol. The number of thioether (sulfide) groups is 1. The van der Waals surface area contributed by atoms with Crippen LogP contribution in [0.3, 0.4) is 0 Å². The van der Waals surface area contributed by atoms with E-state index in [0.29, 0.717) is 30.8 Å². The smallest absolute Gasteiger partial charge is 0.226 e. The van der Waals surface area contributed by atoms with Crippen molar-refractivity contribution in [3.8, 4) is 0 Å². The van der Waals surface area contributed by atoms with Crippen molar-refractivity contribution in [3.63, 3.8) is 0 Å². The second-order valence-electron chi connectivity index (χ2n) is 4.57. The Morgan fingerprint density at radius 3 is 3.00 bits per heavy atom. The summed E-state index contributed by atoms with van der Waals surface area (Å²) in [5, 5.41) is 3.94. The highest BCUT2D eigenvalue weighted by Gasteiger charge is 2.19. The normalized spacial score (nSPS) is 19.0. The van der Waals surface area contributed by atoms with Crippen molar-refractivity contribution in [1.29, 1.82) is 0 Å². The van der Waals surface area contributed by atoms with E-state index in [-0.39, 0.29) is 6.04 Å². The molecule has 1 unspecified atom stereocenters. The van der Waals surface area contributed by atoms with Crippen LogP contribution in [-0.2, 0) is 11.2 Å². The van der Waals surface area contributed by atoms with Crippen LogP contribution in [0.1, 0.15) is 37.5 Å². The lowest BCUT2D eigenvalue weighted by Gasteiger charge is -2.19. The lowest BCUT2D eigenvalue weighted by Crippen LogP contribution is -2.18. The number of hydrogen-bond acceptors (Lipinski definition) is 6. The lowest BCUT2D eigenvalue weighted by atomic mass is 9.99. The van der Waals surface area contributed by atoms with Gasteiger partial charge in [0.25, 0.3) is 0 Å². The molecule has 0 amide bonds. The van der Waals surface area contributed by atoms with Gasteiger partial charge in [-0.15, -0.1) is 0 Å². The molecule has 1 aromatic rings. The molecule has 0 saturated carbocycles.